The quantitative estimate of drug-likeness (QED) is 0.751. The molecule has 0 aliphatic carbocycles. The lowest BCUT2D eigenvalue weighted by Crippen LogP contribution is -2.09. The third kappa shape index (κ3) is 2.66. The number of nitrogens with two attached hydrogens (primary N) is 1. The standard InChI is InChI=1S/C14H11ClN2O4/c1-6-2-3-8(13(18)19)11(10(6)14(20)21)7-4-9(16)12(15)17-5-7/h2-5H,16H2,1H3,(H,18,19)(H,20,21). The number of carboxylic acid groups (broad SMARTS) is 2. The van der Waals surface area contributed by atoms with Crippen LogP contribution in [0.15, 0.2) is 24.4 Å². The zero-order valence-electron chi connectivity index (χ0n) is 10.9. The normalized spacial score (nSPS) is 10.4. The van der Waals surface area contributed by atoms with Crippen molar-refractivity contribution >= 4 is 29.2 Å². The van der Waals surface area contributed by atoms with E-state index in [4.69, 9.17) is 17.3 Å². The zero-order valence-corrected chi connectivity index (χ0v) is 11.7. The Morgan fingerprint density at radius 3 is 2.43 bits per heavy atom. The third-order valence-corrected chi connectivity index (χ3v) is 3.33. The third-order valence-electron chi connectivity index (χ3n) is 3.01. The van der Waals surface area contributed by atoms with Crippen LogP contribution in [-0.2, 0) is 0 Å². The van der Waals surface area contributed by atoms with E-state index < -0.39 is 11.9 Å². The summed E-state index contributed by atoms with van der Waals surface area (Å²) in [5, 5.41) is 18.7. The summed E-state index contributed by atoms with van der Waals surface area (Å²) in [6.45, 7) is 1.59. The fourth-order valence-electron chi connectivity index (χ4n) is 2.06. The molecular formula is C14H11ClN2O4. The molecule has 0 aliphatic rings. The molecule has 0 atom stereocenters. The number of carbonyl (C=O) groups is 2. The molecule has 4 N–H and O–H groups in total. The second kappa shape index (κ2) is 5.41. The number of halogens is 1. The average molecular weight is 307 g/mol. The van der Waals surface area contributed by atoms with Crippen molar-refractivity contribution in [2.45, 2.75) is 6.92 Å². The topological polar surface area (TPSA) is 114 Å². The number of rotatable bonds is 3. The zero-order chi connectivity index (χ0) is 15.7. The second-order valence-corrected chi connectivity index (χ2v) is 4.75. The Bertz CT molecular complexity index is 759. The largest absolute Gasteiger partial charge is 0.478 e. The lowest BCUT2D eigenvalue weighted by Gasteiger charge is -2.13. The van der Waals surface area contributed by atoms with Crippen molar-refractivity contribution < 1.29 is 19.8 Å². The van der Waals surface area contributed by atoms with Gasteiger partial charge in [0, 0.05) is 17.3 Å². The summed E-state index contributed by atoms with van der Waals surface area (Å²) in [5.41, 5.74) is 6.35. The van der Waals surface area contributed by atoms with Crippen molar-refractivity contribution in [1.29, 1.82) is 0 Å². The Morgan fingerprint density at radius 2 is 1.90 bits per heavy atom. The molecule has 2 aromatic rings. The SMILES string of the molecule is Cc1ccc(C(=O)O)c(-c2cnc(Cl)c(N)c2)c1C(=O)O. The minimum Gasteiger partial charge on any atom is -0.478 e. The van der Waals surface area contributed by atoms with Gasteiger partial charge in [0.05, 0.1) is 16.8 Å². The number of aromatic carboxylic acids is 2. The van der Waals surface area contributed by atoms with E-state index in [9.17, 15) is 19.8 Å². The number of hydrogen-bond acceptors (Lipinski definition) is 4. The number of carboxylic acids is 2. The van der Waals surface area contributed by atoms with Crippen LogP contribution < -0.4 is 5.73 Å². The molecule has 0 saturated heterocycles. The minimum atomic E-state index is -1.24. The van der Waals surface area contributed by atoms with Crippen LogP contribution in [0.25, 0.3) is 11.1 Å². The predicted octanol–water partition coefficient (Wildman–Crippen LogP) is 2.69. The highest BCUT2D eigenvalue weighted by molar-refractivity contribution is 6.31. The molecule has 0 amide bonds. The predicted molar refractivity (Wildman–Crippen MR) is 77.8 cm³/mol. The van der Waals surface area contributed by atoms with Gasteiger partial charge < -0.3 is 15.9 Å². The van der Waals surface area contributed by atoms with Crippen LogP contribution in [0.3, 0.4) is 0 Å². The van der Waals surface area contributed by atoms with E-state index >= 15 is 0 Å². The second-order valence-electron chi connectivity index (χ2n) is 4.39. The molecular weight excluding hydrogens is 296 g/mol. The summed E-state index contributed by atoms with van der Waals surface area (Å²) >= 11 is 5.74. The van der Waals surface area contributed by atoms with Crippen molar-refractivity contribution in [3.63, 3.8) is 0 Å². The molecule has 0 unspecified atom stereocenters. The highest BCUT2D eigenvalue weighted by atomic mass is 35.5. The van der Waals surface area contributed by atoms with Gasteiger partial charge in [-0.25, -0.2) is 14.6 Å². The van der Waals surface area contributed by atoms with Gasteiger partial charge in [-0.3, -0.25) is 0 Å². The first kappa shape index (κ1) is 14.8. The van der Waals surface area contributed by atoms with E-state index in [-0.39, 0.29) is 33.1 Å². The highest BCUT2D eigenvalue weighted by Gasteiger charge is 2.22. The molecule has 7 heteroatoms. The van der Waals surface area contributed by atoms with Crippen LogP contribution in [0.4, 0.5) is 5.69 Å². The Kier molecular flexibility index (Phi) is 3.82. The Labute approximate surface area is 124 Å². The maximum absolute atomic E-state index is 11.5. The number of aromatic nitrogens is 1. The van der Waals surface area contributed by atoms with Gasteiger partial charge in [-0.15, -0.1) is 0 Å². The van der Waals surface area contributed by atoms with Crippen molar-refractivity contribution in [3.05, 3.63) is 46.2 Å². The van der Waals surface area contributed by atoms with Crippen molar-refractivity contribution in [2.75, 3.05) is 5.73 Å². The lowest BCUT2D eigenvalue weighted by atomic mass is 9.92. The summed E-state index contributed by atoms with van der Waals surface area (Å²) in [5.74, 6) is -2.46. The maximum atomic E-state index is 11.5. The van der Waals surface area contributed by atoms with Gasteiger partial charge in [0.25, 0.3) is 0 Å². The monoisotopic (exact) mass is 306 g/mol. The van der Waals surface area contributed by atoms with E-state index in [1.54, 1.807) is 6.92 Å². The van der Waals surface area contributed by atoms with Gasteiger partial charge >= 0.3 is 11.9 Å². The molecule has 108 valence electrons. The number of aryl methyl sites for hydroxylation is 1. The van der Waals surface area contributed by atoms with E-state index in [0.717, 1.165) is 0 Å². The van der Waals surface area contributed by atoms with E-state index in [1.807, 2.05) is 0 Å². The minimum absolute atomic E-state index is 0.0610. The van der Waals surface area contributed by atoms with Crippen LogP contribution in [0.1, 0.15) is 26.3 Å². The van der Waals surface area contributed by atoms with Crippen molar-refractivity contribution in [1.82, 2.24) is 4.98 Å². The first-order valence-electron chi connectivity index (χ1n) is 5.84. The Balaban J connectivity index is 2.86. The summed E-state index contributed by atoms with van der Waals surface area (Å²) in [6.07, 6.45) is 1.30. The summed E-state index contributed by atoms with van der Waals surface area (Å²) in [6, 6.07) is 4.20. The van der Waals surface area contributed by atoms with E-state index in [2.05, 4.69) is 4.98 Å². The van der Waals surface area contributed by atoms with Crippen molar-refractivity contribution in [2.24, 2.45) is 0 Å². The molecule has 2 rings (SSSR count). The fourth-order valence-corrected chi connectivity index (χ4v) is 2.17. The maximum Gasteiger partial charge on any atom is 0.336 e. The van der Waals surface area contributed by atoms with E-state index in [1.165, 1.54) is 24.4 Å². The molecule has 1 aromatic carbocycles. The van der Waals surface area contributed by atoms with E-state index in [0.29, 0.717) is 5.56 Å². The average Bonchev–Trinajstić information content (AvgIpc) is 2.40. The molecule has 1 aromatic heterocycles. The molecule has 0 radical (unpaired) electrons. The number of nitrogen functional groups attached to an aromatic ring is 1. The first-order valence-corrected chi connectivity index (χ1v) is 6.22. The molecule has 0 fully saturated rings. The summed E-state index contributed by atoms with van der Waals surface area (Å²) in [4.78, 5) is 26.7. The molecule has 0 saturated carbocycles. The molecule has 0 aliphatic heterocycles. The van der Waals surface area contributed by atoms with Crippen LogP contribution in [0.2, 0.25) is 5.15 Å². The van der Waals surface area contributed by atoms with Gasteiger partial charge in [0.15, 0.2) is 5.15 Å². The van der Waals surface area contributed by atoms with Gasteiger partial charge in [-0.1, -0.05) is 17.7 Å². The lowest BCUT2D eigenvalue weighted by molar-refractivity contribution is 0.0695. The molecule has 1 heterocycles. The van der Waals surface area contributed by atoms with Crippen molar-refractivity contribution in [3.8, 4) is 11.1 Å². The first-order chi connectivity index (χ1) is 9.82. The van der Waals surface area contributed by atoms with Gasteiger partial charge in [0.1, 0.15) is 0 Å². The fraction of sp³-hybridized carbons (Fsp3) is 0.0714. The number of hydrogen-bond donors (Lipinski definition) is 3. The summed E-state index contributed by atoms with van der Waals surface area (Å²) in [7, 11) is 0. The van der Waals surface area contributed by atoms with Gasteiger partial charge in [-0.2, -0.15) is 0 Å². The number of pyridine rings is 1. The summed E-state index contributed by atoms with van der Waals surface area (Å²) < 4.78 is 0. The molecule has 0 bridgehead atoms. The number of anilines is 1. The van der Waals surface area contributed by atoms with Crippen LogP contribution in [0, 0.1) is 6.92 Å². The number of benzene rings is 1. The van der Waals surface area contributed by atoms with Crippen LogP contribution in [0.5, 0.6) is 0 Å². The molecule has 0 spiro atoms. The van der Waals surface area contributed by atoms with Crippen LogP contribution in [-0.4, -0.2) is 27.1 Å². The Morgan fingerprint density at radius 1 is 1.24 bits per heavy atom. The number of nitrogens with zero attached hydrogens (tertiary/aromatic N) is 1. The van der Waals surface area contributed by atoms with Gasteiger partial charge in [0.2, 0.25) is 0 Å². The molecule has 6 nitrogen and oxygen atoms in total. The molecule has 21 heavy (non-hydrogen) atoms. The highest BCUT2D eigenvalue weighted by Crippen LogP contribution is 2.32. The van der Waals surface area contributed by atoms with Crippen LogP contribution >= 0.6 is 11.6 Å². The van der Waals surface area contributed by atoms with Gasteiger partial charge in [-0.05, 0) is 24.6 Å². The smallest absolute Gasteiger partial charge is 0.336 e. The Hall–Kier alpha value is -2.60.